The summed E-state index contributed by atoms with van der Waals surface area (Å²) in [5, 5.41) is 11.1. The number of amides is 1. The van der Waals surface area contributed by atoms with Crippen LogP contribution in [0, 0.1) is 0 Å². The van der Waals surface area contributed by atoms with Crippen LogP contribution in [0.3, 0.4) is 0 Å². The number of thiophene rings is 1. The number of hydrogen-bond acceptors (Lipinski definition) is 7. The first-order valence-electron chi connectivity index (χ1n) is 9.65. The van der Waals surface area contributed by atoms with E-state index in [1.54, 1.807) is 59.5 Å². The number of hydrogen-bond donors (Lipinski definition) is 2. The van der Waals surface area contributed by atoms with Gasteiger partial charge in [-0.25, -0.2) is 4.68 Å². The average molecular weight is 471 g/mol. The highest BCUT2D eigenvalue weighted by Crippen LogP contribution is 2.26. The van der Waals surface area contributed by atoms with Gasteiger partial charge in [0.05, 0.1) is 27.6 Å². The number of ether oxygens (including phenoxy) is 1. The van der Waals surface area contributed by atoms with Crippen molar-refractivity contribution in [3.8, 4) is 17.1 Å². The maximum absolute atomic E-state index is 12.2. The smallest absolute Gasteiger partial charge is 0.261 e. The third kappa shape index (κ3) is 4.88. The summed E-state index contributed by atoms with van der Waals surface area (Å²) in [5.74, 6) is 0.262. The maximum Gasteiger partial charge on any atom is 0.261 e. The highest BCUT2D eigenvalue weighted by molar-refractivity contribution is 7.17. The largest absolute Gasteiger partial charge is 0.490 e. The van der Waals surface area contributed by atoms with Crippen molar-refractivity contribution in [1.29, 1.82) is 0 Å². The van der Waals surface area contributed by atoms with Crippen molar-refractivity contribution in [3.63, 3.8) is 0 Å². The van der Waals surface area contributed by atoms with Gasteiger partial charge in [0.25, 0.3) is 11.5 Å². The maximum atomic E-state index is 12.2. The number of nitrogens with two attached hydrogens (primary N) is 1. The molecule has 1 amide bonds. The molecule has 0 unspecified atom stereocenters. The molecule has 32 heavy (non-hydrogen) atoms. The van der Waals surface area contributed by atoms with Crippen molar-refractivity contribution >= 4 is 28.8 Å². The Bertz CT molecular complexity index is 1300. The van der Waals surface area contributed by atoms with Gasteiger partial charge in [0, 0.05) is 24.9 Å². The number of pyridine rings is 1. The molecule has 1 aromatic carbocycles. The highest BCUT2D eigenvalue weighted by Gasteiger charge is 2.13. The van der Waals surface area contributed by atoms with Gasteiger partial charge in [-0.05, 0) is 30.3 Å². The quantitative estimate of drug-likeness (QED) is 0.408. The van der Waals surface area contributed by atoms with Crippen molar-refractivity contribution in [1.82, 2.24) is 24.9 Å². The standard InChI is InChI=1S/C21H19ClN6O3S/c22-19-7-6-18(32-19)21(30)24-12-14-13-28(26-25-14)16-5-4-15(11-17(16)31-10-8-23)27-9-2-1-3-20(27)29/h1-7,9,11,13H,8,10,12,23H2,(H,24,30). The van der Waals surface area contributed by atoms with Crippen LogP contribution in [0.15, 0.2) is 65.7 Å². The van der Waals surface area contributed by atoms with E-state index in [2.05, 4.69) is 15.6 Å². The van der Waals surface area contributed by atoms with Crippen molar-refractivity contribution in [2.45, 2.75) is 6.54 Å². The molecule has 0 aliphatic rings. The molecule has 4 aromatic rings. The second-order valence-electron chi connectivity index (χ2n) is 6.64. The molecule has 0 saturated carbocycles. The Kier molecular flexibility index (Phi) is 6.64. The molecule has 9 nitrogen and oxygen atoms in total. The summed E-state index contributed by atoms with van der Waals surface area (Å²) in [6, 6.07) is 13.6. The molecule has 0 aliphatic heterocycles. The van der Waals surface area contributed by atoms with Crippen molar-refractivity contribution in [3.05, 3.63) is 86.2 Å². The molecule has 0 aliphatic carbocycles. The Labute approximate surface area is 192 Å². The van der Waals surface area contributed by atoms with Gasteiger partial charge in [0.2, 0.25) is 0 Å². The second kappa shape index (κ2) is 9.77. The lowest BCUT2D eigenvalue weighted by Gasteiger charge is -2.13. The topological polar surface area (TPSA) is 117 Å². The molecule has 0 bridgehead atoms. The fraction of sp³-hybridized carbons (Fsp3) is 0.143. The number of halogens is 1. The summed E-state index contributed by atoms with van der Waals surface area (Å²) in [6.07, 6.45) is 3.38. The molecule has 0 spiro atoms. The van der Waals surface area contributed by atoms with Crippen molar-refractivity contribution < 1.29 is 9.53 Å². The summed E-state index contributed by atoms with van der Waals surface area (Å²) in [5.41, 5.74) is 7.28. The molecular formula is C21H19ClN6O3S. The van der Waals surface area contributed by atoms with E-state index < -0.39 is 0 Å². The van der Waals surface area contributed by atoms with Crippen LogP contribution in [0.1, 0.15) is 15.4 Å². The fourth-order valence-electron chi connectivity index (χ4n) is 2.96. The normalized spacial score (nSPS) is 10.8. The van der Waals surface area contributed by atoms with Crippen LogP contribution in [-0.2, 0) is 6.54 Å². The highest BCUT2D eigenvalue weighted by atomic mass is 35.5. The van der Waals surface area contributed by atoms with Crippen LogP contribution in [0.2, 0.25) is 4.34 Å². The van der Waals surface area contributed by atoms with Gasteiger partial charge >= 0.3 is 0 Å². The van der Waals surface area contributed by atoms with Crippen molar-refractivity contribution in [2.24, 2.45) is 5.73 Å². The first-order chi connectivity index (χ1) is 15.5. The van der Waals surface area contributed by atoms with Gasteiger partial charge in [0.1, 0.15) is 23.7 Å². The van der Waals surface area contributed by atoms with Gasteiger partial charge in [-0.15, -0.1) is 16.4 Å². The molecule has 0 atom stereocenters. The minimum absolute atomic E-state index is 0.157. The molecule has 0 radical (unpaired) electrons. The number of benzene rings is 1. The summed E-state index contributed by atoms with van der Waals surface area (Å²) in [4.78, 5) is 24.9. The van der Waals surface area contributed by atoms with Gasteiger partial charge in [-0.3, -0.25) is 14.2 Å². The van der Waals surface area contributed by atoms with E-state index in [0.717, 1.165) is 0 Å². The number of nitrogens with zero attached hydrogens (tertiary/aromatic N) is 4. The van der Waals surface area contributed by atoms with E-state index in [-0.39, 0.29) is 18.0 Å². The van der Waals surface area contributed by atoms with Crippen LogP contribution in [0.5, 0.6) is 5.75 Å². The van der Waals surface area contributed by atoms with Crippen LogP contribution >= 0.6 is 22.9 Å². The Hall–Kier alpha value is -3.47. The number of aromatic nitrogens is 4. The number of nitrogens with one attached hydrogen (secondary N) is 1. The average Bonchev–Trinajstić information content (AvgIpc) is 3.45. The van der Waals surface area contributed by atoms with Crippen LogP contribution in [0.25, 0.3) is 11.4 Å². The first-order valence-corrected chi connectivity index (χ1v) is 10.8. The lowest BCUT2D eigenvalue weighted by atomic mass is 10.2. The zero-order valence-corrected chi connectivity index (χ0v) is 18.3. The van der Waals surface area contributed by atoms with Gasteiger partial charge in [-0.2, -0.15) is 0 Å². The van der Waals surface area contributed by atoms with Gasteiger partial charge < -0.3 is 15.8 Å². The molecule has 0 fully saturated rings. The summed E-state index contributed by atoms with van der Waals surface area (Å²) >= 11 is 7.08. The zero-order valence-electron chi connectivity index (χ0n) is 16.8. The Morgan fingerprint density at radius 1 is 1.22 bits per heavy atom. The molecule has 0 saturated heterocycles. The van der Waals surface area contributed by atoms with E-state index in [0.29, 0.717) is 45.2 Å². The molecule has 3 N–H and O–H groups in total. The zero-order chi connectivity index (χ0) is 22.5. The monoisotopic (exact) mass is 470 g/mol. The lowest BCUT2D eigenvalue weighted by Crippen LogP contribution is -2.21. The van der Waals surface area contributed by atoms with Crippen LogP contribution in [0.4, 0.5) is 0 Å². The van der Waals surface area contributed by atoms with Crippen LogP contribution < -0.4 is 21.3 Å². The molecule has 3 heterocycles. The van der Waals surface area contributed by atoms with Gasteiger partial charge in [0.15, 0.2) is 0 Å². The van der Waals surface area contributed by atoms with Gasteiger partial charge in [-0.1, -0.05) is 22.9 Å². The predicted octanol–water partition coefficient (Wildman–Crippen LogP) is 2.40. The molecule has 3 aromatic heterocycles. The summed E-state index contributed by atoms with van der Waals surface area (Å²) in [6.45, 7) is 0.822. The minimum Gasteiger partial charge on any atom is -0.490 e. The number of carbonyl (C=O) groups is 1. The number of rotatable bonds is 8. The van der Waals surface area contributed by atoms with Crippen molar-refractivity contribution in [2.75, 3.05) is 13.2 Å². The third-order valence-electron chi connectivity index (χ3n) is 4.43. The van der Waals surface area contributed by atoms with Crippen LogP contribution in [-0.4, -0.2) is 38.6 Å². The first kappa shape index (κ1) is 21.8. The van der Waals surface area contributed by atoms with E-state index in [1.165, 1.54) is 22.0 Å². The Morgan fingerprint density at radius 3 is 2.84 bits per heavy atom. The molecule has 4 rings (SSSR count). The SMILES string of the molecule is NCCOc1cc(-n2ccccc2=O)ccc1-n1cc(CNC(=O)c2ccc(Cl)s2)nn1. The third-order valence-corrected chi connectivity index (χ3v) is 5.66. The minimum atomic E-state index is -0.235. The van der Waals surface area contributed by atoms with E-state index in [9.17, 15) is 9.59 Å². The Balaban J connectivity index is 1.56. The summed E-state index contributed by atoms with van der Waals surface area (Å²) < 4.78 is 9.41. The second-order valence-corrected chi connectivity index (χ2v) is 8.35. The summed E-state index contributed by atoms with van der Waals surface area (Å²) in [7, 11) is 0. The molecular weight excluding hydrogens is 452 g/mol. The predicted molar refractivity (Wildman–Crippen MR) is 122 cm³/mol. The van der Waals surface area contributed by atoms with E-state index in [4.69, 9.17) is 22.1 Å². The molecule has 11 heteroatoms. The molecule has 164 valence electrons. The lowest BCUT2D eigenvalue weighted by molar-refractivity contribution is 0.0954. The van der Waals surface area contributed by atoms with E-state index in [1.807, 2.05) is 0 Å². The number of carbonyl (C=O) groups excluding carboxylic acids is 1. The van der Waals surface area contributed by atoms with E-state index >= 15 is 0 Å². The fourth-order valence-corrected chi connectivity index (χ4v) is 3.92. The Morgan fingerprint density at radius 2 is 2.09 bits per heavy atom.